The smallest absolute Gasteiger partial charge is 0.258 e. The minimum absolute atomic E-state index is 0.0928. The van der Waals surface area contributed by atoms with Gasteiger partial charge in [-0.25, -0.2) is 0 Å². The third-order valence-electron chi connectivity index (χ3n) is 5.07. The van der Waals surface area contributed by atoms with Crippen molar-refractivity contribution in [2.45, 2.75) is 33.1 Å². The first-order valence-corrected chi connectivity index (χ1v) is 9.95. The fourth-order valence-electron chi connectivity index (χ4n) is 3.70. The van der Waals surface area contributed by atoms with E-state index in [2.05, 4.69) is 25.9 Å². The average Bonchev–Trinajstić information content (AvgIpc) is 2.68. The zero-order valence-corrected chi connectivity index (χ0v) is 17.5. The van der Waals surface area contributed by atoms with Gasteiger partial charge in [-0.1, -0.05) is 23.8 Å². The van der Waals surface area contributed by atoms with Gasteiger partial charge in [-0.3, -0.25) is 19.4 Å². The monoisotopic (exact) mass is 417 g/mol. The minimum Gasteiger partial charge on any atom is -0.326 e. The molecule has 0 aliphatic carbocycles. The van der Waals surface area contributed by atoms with Crippen LogP contribution in [-0.4, -0.2) is 21.8 Å². The summed E-state index contributed by atoms with van der Waals surface area (Å²) in [6, 6.07) is 13.2. The summed E-state index contributed by atoms with van der Waals surface area (Å²) in [4.78, 5) is 45.1. The number of amides is 2. The molecule has 3 aromatic rings. The number of rotatable bonds is 4. The Morgan fingerprint density at radius 2 is 1.65 bits per heavy atom. The molecule has 0 bridgehead atoms. The molecule has 0 saturated carbocycles. The van der Waals surface area contributed by atoms with Crippen molar-refractivity contribution >= 4 is 35.0 Å². The molecule has 0 saturated heterocycles. The van der Waals surface area contributed by atoms with Gasteiger partial charge in [0.1, 0.15) is 5.82 Å². The molecule has 0 spiro atoms. The maximum atomic E-state index is 13.0. The summed E-state index contributed by atoms with van der Waals surface area (Å²) in [5.74, 6) is -1.45. The quantitative estimate of drug-likeness (QED) is 0.518. The van der Waals surface area contributed by atoms with E-state index in [0.717, 1.165) is 22.4 Å². The van der Waals surface area contributed by atoms with Crippen LogP contribution in [-0.2, 0) is 9.59 Å². The van der Waals surface area contributed by atoms with Crippen molar-refractivity contribution in [2.24, 2.45) is 0 Å². The number of benzene rings is 2. The Hall–Kier alpha value is -3.94. The number of carbonyl (C=O) groups excluding carboxylic acids is 2. The number of hydrogen-bond acceptors (Lipinski definition) is 5. The molecule has 31 heavy (non-hydrogen) atoms. The van der Waals surface area contributed by atoms with E-state index < -0.39 is 17.4 Å². The lowest BCUT2D eigenvalue weighted by Gasteiger charge is -2.24. The molecule has 2 heterocycles. The zero-order valence-electron chi connectivity index (χ0n) is 17.5. The van der Waals surface area contributed by atoms with Crippen molar-refractivity contribution < 1.29 is 9.59 Å². The van der Waals surface area contributed by atoms with Gasteiger partial charge in [0.25, 0.3) is 5.56 Å². The second-order valence-corrected chi connectivity index (χ2v) is 7.84. The highest BCUT2D eigenvalue weighted by molar-refractivity contribution is 6.04. The molecule has 2 amide bonds. The lowest BCUT2D eigenvalue weighted by molar-refractivity contribution is -0.123. The molecule has 8 nitrogen and oxygen atoms in total. The second-order valence-electron chi connectivity index (χ2n) is 7.84. The highest BCUT2D eigenvalue weighted by Gasteiger charge is 2.34. The summed E-state index contributed by atoms with van der Waals surface area (Å²) >= 11 is 0. The van der Waals surface area contributed by atoms with E-state index in [9.17, 15) is 14.4 Å². The third-order valence-corrected chi connectivity index (χ3v) is 5.07. The topological polar surface area (TPSA) is 116 Å². The van der Waals surface area contributed by atoms with Crippen LogP contribution < -0.4 is 21.5 Å². The lowest BCUT2D eigenvalue weighted by Crippen LogP contribution is -2.36. The van der Waals surface area contributed by atoms with Crippen molar-refractivity contribution in [1.29, 1.82) is 0 Å². The Morgan fingerprint density at radius 3 is 2.32 bits per heavy atom. The van der Waals surface area contributed by atoms with E-state index in [4.69, 9.17) is 0 Å². The zero-order chi connectivity index (χ0) is 22.1. The minimum atomic E-state index is -0.936. The summed E-state index contributed by atoms with van der Waals surface area (Å²) in [6.07, 6.45) is -0.126. The third kappa shape index (κ3) is 4.48. The van der Waals surface area contributed by atoms with Crippen LogP contribution in [0, 0.1) is 20.8 Å². The van der Waals surface area contributed by atoms with Gasteiger partial charge in [0.05, 0.1) is 11.5 Å². The number of carbonyl (C=O) groups is 2. The van der Waals surface area contributed by atoms with Crippen LogP contribution in [0.2, 0.25) is 0 Å². The number of nitrogens with one attached hydrogen (secondary N) is 4. The van der Waals surface area contributed by atoms with Crippen molar-refractivity contribution in [2.75, 3.05) is 16.0 Å². The number of aryl methyl sites for hydroxylation is 3. The Morgan fingerprint density at radius 1 is 0.968 bits per heavy atom. The predicted molar refractivity (Wildman–Crippen MR) is 120 cm³/mol. The van der Waals surface area contributed by atoms with Crippen molar-refractivity contribution in [3.63, 3.8) is 0 Å². The molecule has 158 valence electrons. The largest absolute Gasteiger partial charge is 0.326 e. The van der Waals surface area contributed by atoms with Gasteiger partial charge in [0, 0.05) is 17.8 Å². The fourth-order valence-corrected chi connectivity index (χ4v) is 3.70. The van der Waals surface area contributed by atoms with Crippen LogP contribution in [0.4, 0.5) is 23.1 Å². The first-order chi connectivity index (χ1) is 14.8. The standard InChI is InChI=1S/C23H23N5O3/c1-12-4-6-15(7-5-12)25-23-27-20-19(22(31)28-23)17(11-18(29)26-20)21(30)24-16-9-13(2)8-14(3)10-16/h4-10,17H,11H2,1-3H3,(H,24,30)(H3,25,26,27,28,29,31)/t17-/m1/s1. The highest BCUT2D eigenvalue weighted by Crippen LogP contribution is 2.30. The Kier molecular flexibility index (Phi) is 5.29. The van der Waals surface area contributed by atoms with E-state index in [0.29, 0.717) is 5.69 Å². The molecule has 0 unspecified atom stereocenters. The predicted octanol–water partition coefficient (Wildman–Crippen LogP) is 3.50. The molecule has 0 radical (unpaired) electrons. The average molecular weight is 417 g/mol. The van der Waals surface area contributed by atoms with Crippen LogP contribution in [0.3, 0.4) is 0 Å². The van der Waals surface area contributed by atoms with Crippen molar-refractivity contribution in [1.82, 2.24) is 9.97 Å². The van der Waals surface area contributed by atoms with Gasteiger partial charge < -0.3 is 16.0 Å². The summed E-state index contributed by atoms with van der Waals surface area (Å²) in [6.45, 7) is 5.84. The lowest BCUT2D eigenvalue weighted by atomic mass is 9.92. The maximum absolute atomic E-state index is 13.0. The Labute approximate surface area is 179 Å². The first kappa shape index (κ1) is 20.3. The van der Waals surface area contributed by atoms with Gasteiger partial charge >= 0.3 is 0 Å². The van der Waals surface area contributed by atoms with E-state index >= 15 is 0 Å². The highest BCUT2D eigenvalue weighted by atomic mass is 16.2. The molecular weight excluding hydrogens is 394 g/mol. The van der Waals surface area contributed by atoms with Crippen molar-refractivity contribution in [3.8, 4) is 0 Å². The summed E-state index contributed by atoms with van der Waals surface area (Å²) in [7, 11) is 0. The van der Waals surface area contributed by atoms with Crippen LogP contribution in [0.1, 0.15) is 34.6 Å². The number of nitrogens with zero attached hydrogens (tertiary/aromatic N) is 1. The molecule has 0 fully saturated rings. The molecule has 4 rings (SSSR count). The first-order valence-electron chi connectivity index (χ1n) is 9.95. The number of H-pyrrole nitrogens is 1. The number of hydrogen-bond donors (Lipinski definition) is 4. The Balaban J connectivity index is 1.64. The van der Waals surface area contributed by atoms with E-state index in [1.54, 1.807) is 0 Å². The molecular formula is C23H23N5O3. The van der Waals surface area contributed by atoms with Crippen LogP contribution >= 0.6 is 0 Å². The molecule has 1 aromatic heterocycles. The molecule has 2 aromatic carbocycles. The summed E-state index contributed by atoms with van der Waals surface area (Å²) in [5, 5.41) is 8.45. The number of anilines is 4. The molecule has 1 aliphatic rings. The summed E-state index contributed by atoms with van der Waals surface area (Å²) < 4.78 is 0. The molecule has 1 atom stereocenters. The van der Waals surface area contributed by atoms with Crippen LogP contribution in [0.25, 0.3) is 0 Å². The maximum Gasteiger partial charge on any atom is 0.258 e. The number of aromatic amines is 1. The molecule has 1 aliphatic heterocycles. The van der Waals surface area contributed by atoms with Gasteiger partial charge in [0.15, 0.2) is 0 Å². The number of fused-ring (bicyclic) bond motifs is 1. The van der Waals surface area contributed by atoms with E-state index in [1.165, 1.54) is 0 Å². The van der Waals surface area contributed by atoms with Gasteiger partial charge in [-0.05, 0) is 56.2 Å². The normalized spacial score (nSPS) is 15.1. The van der Waals surface area contributed by atoms with Crippen molar-refractivity contribution in [3.05, 3.63) is 75.1 Å². The molecule has 4 N–H and O–H groups in total. The molecule has 8 heteroatoms. The summed E-state index contributed by atoms with van der Waals surface area (Å²) in [5.41, 5.74) is 4.14. The fraction of sp³-hybridized carbons (Fsp3) is 0.217. The van der Waals surface area contributed by atoms with Crippen LogP contribution in [0.15, 0.2) is 47.3 Å². The number of aromatic nitrogens is 2. The van der Waals surface area contributed by atoms with Gasteiger partial charge in [-0.2, -0.15) is 4.98 Å². The SMILES string of the molecule is Cc1ccc(Nc2nc3c(c(=O)[nH]2)[C@H](C(=O)Nc2cc(C)cc(C)c2)CC(=O)N3)cc1. The van der Waals surface area contributed by atoms with E-state index in [-0.39, 0.29) is 29.7 Å². The van der Waals surface area contributed by atoms with E-state index in [1.807, 2.05) is 63.2 Å². The second kappa shape index (κ2) is 8.06. The van der Waals surface area contributed by atoms with Gasteiger partial charge in [0.2, 0.25) is 17.8 Å². The van der Waals surface area contributed by atoms with Crippen LogP contribution in [0.5, 0.6) is 0 Å². The van der Waals surface area contributed by atoms with Gasteiger partial charge in [-0.15, -0.1) is 0 Å². The Bertz CT molecular complexity index is 1210.